The van der Waals surface area contributed by atoms with Crippen LogP contribution in [0.1, 0.15) is 16.1 Å². The first kappa shape index (κ1) is 13.5. The third-order valence-electron chi connectivity index (χ3n) is 2.87. The lowest BCUT2D eigenvalue weighted by Gasteiger charge is -2.10. The summed E-state index contributed by atoms with van der Waals surface area (Å²) < 4.78 is 0. The quantitative estimate of drug-likeness (QED) is 0.833. The molecule has 1 heterocycles. The van der Waals surface area contributed by atoms with Gasteiger partial charge in [0.05, 0.1) is 5.52 Å². The minimum atomic E-state index is -1.20. The van der Waals surface area contributed by atoms with Crippen LogP contribution in [0, 0.1) is 0 Å². The SMILES string of the molecule is C=C/C=C(\C=C)c1nc2ccccc2c(C(=O)O)c1O. The van der Waals surface area contributed by atoms with Crippen molar-refractivity contribution in [3.63, 3.8) is 0 Å². The van der Waals surface area contributed by atoms with Crippen LogP contribution in [0.15, 0.2) is 55.7 Å². The number of hydrogen-bond donors (Lipinski definition) is 2. The molecule has 100 valence electrons. The predicted octanol–water partition coefficient (Wildman–Crippen LogP) is 3.39. The fourth-order valence-corrected chi connectivity index (χ4v) is 1.99. The van der Waals surface area contributed by atoms with E-state index in [1.807, 2.05) is 0 Å². The van der Waals surface area contributed by atoms with Crippen LogP contribution in [0.25, 0.3) is 16.5 Å². The molecule has 0 fully saturated rings. The summed E-state index contributed by atoms with van der Waals surface area (Å²) in [6, 6.07) is 6.76. The molecular weight excluding hydrogens is 254 g/mol. The fourth-order valence-electron chi connectivity index (χ4n) is 1.99. The number of pyridine rings is 1. The Kier molecular flexibility index (Phi) is 3.66. The van der Waals surface area contributed by atoms with Gasteiger partial charge in [-0.25, -0.2) is 9.78 Å². The van der Waals surface area contributed by atoms with Crippen LogP contribution in [0.4, 0.5) is 0 Å². The van der Waals surface area contributed by atoms with Crippen LogP contribution in [0.2, 0.25) is 0 Å². The number of benzene rings is 1. The molecule has 1 aromatic heterocycles. The highest BCUT2D eigenvalue weighted by atomic mass is 16.4. The number of fused-ring (bicyclic) bond motifs is 1. The maximum absolute atomic E-state index is 11.4. The number of para-hydroxylation sites is 1. The molecule has 0 atom stereocenters. The molecule has 1 aromatic carbocycles. The maximum atomic E-state index is 11.4. The van der Waals surface area contributed by atoms with Gasteiger partial charge in [0.15, 0.2) is 5.75 Å². The van der Waals surface area contributed by atoms with Gasteiger partial charge in [-0.15, -0.1) is 0 Å². The van der Waals surface area contributed by atoms with E-state index in [0.29, 0.717) is 16.5 Å². The van der Waals surface area contributed by atoms with E-state index in [1.165, 1.54) is 12.2 Å². The number of hydrogen-bond acceptors (Lipinski definition) is 3. The van der Waals surface area contributed by atoms with Crippen molar-refractivity contribution >= 4 is 22.4 Å². The van der Waals surface area contributed by atoms with Gasteiger partial charge in [0, 0.05) is 11.0 Å². The molecule has 0 bridgehead atoms. The predicted molar refractivity (Wildman–Crippen MR) is 78.7 cm³/mol. The molecule has 2 rings (SSSR count). The average Bonchev–Trinajstić information content (AvgIpc) is 2.44. The highest BCUT2D eigenvalue weighted by Crippen LogP contribution is 2.33. The molecule has 0 saturated carbocycles. The summed E-state index contributed by atoms with van der Waals surface area (Å²) in [7, 11) is 0. The minimum Gasteiger partial charge on any atom is -0.505 e. The largest absolute Gasteiger partial charge is 0.505 e. The Morgan fingerprint density at radius 1 is 1.25 bits per heavy atom. The molecule has 4 heteroatoms. The van der Waals surface area contributed by atoms with E-state index in [0.717, 1.165) is 0 Å². The first-order valence-electron chi connectivity index (χ1n) is 5.90. The Labute approximate surface area is 116 Å². The zero-order valence-electron chi connectivity index (χ0n) is 10.7. The number of rotatable bonds is 4. The molecule has 0 aliphatic carbocycles. The van der Waals surface area contributed by atoms with Crippen molar-refractivity contribution < 1.29 is 15.0 Å². The summed E-state index contributed by atoms with van der Waals surface area (Å²) in [5, 5.41) is 19.9. The number of aromatic hydroxyl groups is 1. The monoisotopic (exact) mass is 267 g/mol. The van der Waals surface area contributed by atoms with Gasteiger partial charge in [0.1, 0.15) is 11.3 Å². The molecule has 0 aliphatic rings. The molecule has 2 aromatic rings. The number of carboxylic acid groups (broad SMARTS) is 1. The summed E-state index contributed by atoms with van der Waals surface area (Å²) in [5.41, 5.74) is 1.01. The van der Waals surface area contributed by atoms with E-state index >= 15 is 0 Å². The van der Waals surface area contributed by atoms with Crippen molar-refractivity contribution in [2.24, 2.45) is 0 Å². The fraction of sp³-hybridized carbons (Fsp3) is 0. The summed E-state index contributed by atoms with van der Waals surface area (Å²) in [5.74, 6) is -1.58. The Balaban J connectivity index is 2.90. The molecule has 0 unspecified atom stereocenters. The highest BCUT2D eigenvalue weighted by molar-refractivity contribution is 6.06. The van der Waals surface area contributed by atoms with Crippen LogP contribution < -0.4 is 0 Å². The molecule has 20 heavy (non-hydrogen) atoms. The van der Waals surface area contributed by atoms with Gasteiger partial charge < -0.3 is 10.2 Å². The number of aromatic carboxylic acids is 1. The van der Waals surface area contributed by atoms with Gasteiger partial charge in [-0.05, 0) is 6.07 Å². The van der Waals surface area contributed by atoms with Gasteiger partial charge in [-0.2, -0.15) is 0 Å². The van der Waals surface area contributed by atoms with Crippen LogP contribution in [-0.2, 0) is 0 Å². The van der Waals surface area contributed by atoms with Crippen molar-refractivity contribution in [2.75, 3.05) is 0 Å². The van der Waals surface area contributed by atoms with Crippen LogP contribution in [0.3, 0.4) is 0 Å². The van der Waals surface area contributed by atoms with E-state index in [9.17, 15) is 15.0 Å². The van der Waals surface area contributed by atoms with Crippen LogP contribution in [-0.4, -0.2) is 21.2 Å². The third-order valence-corrected chi connectivity index (χ3v) is 2.87. The van der Waals surface area contributed by atoms with Crippen molar-refractivity contribution in [1.82, 2.24) is 4.98 Å². The summed E-state index contributed by atoms with van der Waals surface area (Å²) in [4.78, 5) is 15.7. The van der Waals surface area contributed by atoms with E-state index < -0.39 is 5.97 Å². The number of nitrogens with zero attached hydrogens (tertiary/aromatic N) is 1. The summed E-state index contributed by atoms with van der Waals surface area (Å²) in [6.07, 6.45) is 4.62. The highest BCUT2D eigenvalue weighted by Gasteiger charge is 2.20. The lowest BCUT2D eigenvalue weighted by molar-refractivity contribution is 0.0696. The Bertz CT molecular complexity index is 745. The lowest BCUT2D eigenvalue weighted by atomic mass is 10.0. The molecule has 0 aliphatic heterocycles. The van der Waals surface area contributed by atoms with E-state index in [2.05, 4.69) is 18.1 Å². The minimum absolute atomic E-state index is 0.164. The number of carboxylic acids is 1. The van der Waals surface area contributed by atoms with Crippen molar-refractivity contribution in [3.8, 4) is 5.75 Å². The molecule has 2 N–H and O–H groups in total. The smallest absolute Gasteiger partial charge is 0.340 e. The first-order chi connectivity index (χ1) is 9.60. The second kappa shape index (κ2) is 5.40. The van der Waals surface area contributed by atoms with Crippen molar-refractivity contribution in [1.29, 1.82) is 0 Å². The van der Waals surface area contributed by atoms with Crippen LogP contribution in [0.5, 0.6) is 5.75 Å². The maximum Gasteiger partial charge on any atom is 0.340 e. The van der Waals surface area contributed by atoms with Gasteiger partial charge in [0.25, 0.3) is 0 Å². The third kappa shape index (κ3) is 2.19. The van der Waals surface area contributed by atoms with E-state index in [1.54, 1.807) is 30.3 Å². The topological polar surface area (TPSA) is 70.4 Å². The zero-order chi connectivity index (χ0) is 14.7. The van der Waals surface area contributed by atoms with Crippen LogP contribution >= 0.6 is 0 Å². The second-order valence-electron chi connectivity index (χ2n) is 4.07. The Morgan fingerprint density at radius 2 is 1.95 bits per heavy atom. The van der Waals surface area contributed by atoms with Crippen molar-refractivity contribution in [2.45, 2.75) is 0 Å². The molecular formula is C16H13NO3. The average molecular weight is 267 g/mol. The van der Waals surface area contributed by atoms with Gasteiger partial charge in [-0.3, -0.25) is 0 Å². The summed E-state index contributed by atoms with van der Waals surface area (Å²) >= 11 is 0. The lowest BCUT2D eigenvalue weighted by Crippen LogP contribution is -2.03. The van der Waals surface area contributed by atoms with E-state index in [4.69, 9.17) is 0 Å². The van der Waals surface area contributed by atoms with E-state index in [-0.39, 0.29) is 17.0 Å². The first-order valence-corrected chi connectivity index (χ1v) is 5.90. The van der Waals surface area contributed by atoms with Gasteiger partial charge >= 0.3 is 5.97 Å². The zero-order valence-corrected chi connectivity index (χ0v) is 10.7. The molecule has 0 saturated heterocycles. The second-order valence-corrected chi connectivity index (χ2v) is 4.07. The molecule has 0 radical (unpaired) electrons. The van der Waals surface area contributed by atoms with Gasteiger partial charge in [-0.1, -0.05) is 49.6 Å². The van der Waals surface area contributed by atoms with Gasteiger partial charge in [0.2, 0.25) is 0 Å². The molecule has 0 spiro atoms. The number of aromatic nitrogens is 1. The Morgan fingerprint density at radius 3 is 2.55 bits per heavy atom. The summed E-state index contributed by atoms with van der Waals surface area (Å²) in [6.45, 7) is 7.21. The standard InChI is InChI=1S/C16H13NO3/c1-3-7-10(4-2)14-15(18)13(16(19)20)11-8-5-6-9-12(11)17-14/h3-9,18H,1-2H2,(H,19,20)/b10-7+. The molecule has 4 nitrogen and oxygen atoms in total. The van der Waals surface area contributed by atoms with Crippen molar-refractivity contribution in [3.05, 3.63) is 66.9 Å². The normalized spacial score (nSPS) is 11.3. The number of carbonyl (C=O) groups is 1. The molecule has 0 amide bonds. The Hall–Kier alpha value is -2.88. The number of allylic oxidation sites excluding steroid dienone is 4.